The molecule has 0 aromatic rings. The van der Waals surface area contributed by atoms with Crippen LogP contribution in [-0.4, -0.2) is 48.1 Å². The monoisotopic (exact) mass is 258 g/mol. The van der Waals surface area contributed by atoms with Crippen molar-refractivity contribution in [1.29, 1.82) is 0 Å². The number of hydrogen-bond donors (Lipinski definition) is 2. The molecule has 0 radical (unpaired) electrons. The first-order valence-corrected chi connectivity index (χ1v) is 6.50. The van der Waals surface area contributed by atoms with Crippen LogP contribution in [0.15, 0.2) is 0 Å². The number of amides is 1. The van der Waals surface area contributed by atoms with Crippen LogP contribution in [0.2, 0.25) is 0 Å². The molecule has 0 aliphatic carbocycles. The smallest absolute Gasteiger partial charge is 0.326 e. The highest BCUT2D eigenvalue weighted by atomic mass is 16.4. The van der Waals surface area contributed by atoms with Gasteiger partial charge in [-0.25, -0.2) is 4.79 Å². The maximum atomic E-state index is 12.1. The molecular weight excluding hydrogens is 232 g/mol. The molecule has 5 nitrogen and oxygen atoms in total. The van der Waals surface area contributed by atoms with Crippen molar-refractivity contribution in [2.24, 2.45) is 5.92 Å². The van der Waals surface area contributed by atoms with Gasteiger partial charge in [0, 0.05) is 0 Å². The zero-order valence-electron chi connectivity index (χ0n) is 12.1. The highest BCUT2D eigenvalue weighted by molar-refractivity contribution is 5.87. The fourth-order valence-electron chi connectivity index (χ4n) is 2.06. The third-order valence-electron chi connectivity index (χ3n) is 2.92. The van der Waals surface area contributed by atoms with Crippen LogP contribution in [0.25, 0.3) is 0 Å². The minimum atomic E-state index is -0.960. The largest absolute Gasteiger partial charge is 0.480 e. The fourth-order valence-corrected chi connectivity index (χ4v) is 2.06. The molecule has 2 N–H and O–H groups in total. The Kier molecular flexibility index (Phi) is 7.59. The van der Waals surface area contributed by atoms with Crippen LogP contribution >= 0.6 is 0 Å². The highest BCUT2D eigenvalue weighted by Crippen LogP contribution is 2.09. The van der Waals surface area contributed by atoms with Crippen LogP contribution in [0, 0.1) is 5.92 Å². The maximum Gasteiger partial charge on any atom is 0.326 e. The predicted octanol–water partition coefficient (Wildman–Crippen LogP) is 1.33. The summed E-state index contributed by atoms with van der Waals surface area (Å²) in [4.78, 5) is 25.0. The molecule has 0 saturated carbocycles. The van der Waals surface area contributed by atoms with Crippen molar-refractivity contribution in [3.8, 4) is 0 Å². The summed E-state index contributed by atoms with van der Waals surface area (Å²) in [6, 6.07) is -1.08. The Morgan fingerprint density at radius 3 is 2.17 bits per heavy atom. The van der Waals surface area contributed by atoms with E-state index in [1.807, 2.05) is 39.8 Å². The second-order valence-corrected chi connectivity index (χ2v) is 5.19. The number of carbonyl (C=O) groups is 2. The lowest BCUT2D eigenvalue weighted by molar-refractivity contribution is -0.143. The van der Waals surface area contributed by atoms with E-state index in [4.69, 9.17) is 5.11 Å². The van der Waals surface area contributed by atoms with Crippen LogP contribution in [0.3, 0.4) is 0 Å². The molecule has 0 aliphatic heterocycles. The number of rotatable bonds is 8. The van der Waals surface area contributed by atoms with Gasteiger partial charge in [0.05, 0.1) is 6.04 Å². The lowest BCUT2D eigenvalue weighted by atomic mass is 10.0. The van der Waals surface area contributed by atoms with Crippen molar-refractivity contribution in [3.05, 3.63) is 0 Å². The standard InChI is InChI=1S/C13H26N2O3/c1-6-7-8-10(13(17)18)14-12(16)11(9(2)3)15(4)5/h9-11H,6-8H2,1-5H3,(H,14,16)(H,17,18)/t10-,11-/m0/s1. The lowest BCUT2D eigenvalue weighted by Crippen LogP contribution is -2.51. The molecule has 0 spiro atoms. The first-order valence-electron chi connectivity index (χ1n) is 6.50. The average molecular weight is 258 g/mol. The van der Waals surface area contributed by atoms with E-state index >= 15 is 0 Å². The quantitative estimate of drug-likeness (QED) is 0.689. The lowest BCUT2D eigenvalue weighted by Gasteiger charge is -2.28. The van der Waals surface area contributed by atoms with Gasteiger partial charge in [-0.15, -0.1) is 0 Å². The Morgan fingerprint density at radius 2 is 1.83 bits per heavy atom. The van der Waals surface area contributed by atoms with Crippen molar-refractivity contribution in [1.82, 2.24) is 10.2 Å². The molecule has 0 aromatic carbocycles. The SMILES string of the molecule is CCCC[C@H](NC(=O)[C@H](C(C)C)N(C)C)C(=O)O. The second kappa shape index (κ2) is 8.08. The first-order chi connectivity index (χ1) is 8.31. The average Bonchev–Trinajstić information content (AvgIpc) is 2.22. The third kappa shape index (κ3) is 5.49. The molecule has 1 amide bonds. The highest BCUT2D eigenvalue weighted by Gasteiger charge is 2.28. The number of nitrogens with one attached hydrogen (secondary N) is 1. The summed E-state index contributed by atoms with van der Waals surface area (Å²) in [5, 5.41) is 11.7. The van der Waals surface area contributed by atoms with Crippen LogP contribution in [0.4, 0.5) is 0 Å². The zero-order valence-corrected chi connectivity index (χ0v) is 12.1. The summed E-state index contributed by atoms with van der Waals surface area (Å²) < 4.78 is 0. The molecule has 0 aromatic heterocycles. The summed E-state index contributed by atoms with van der Waals surface area (Å²) in [6.45, 7) is 5.90. The van der Waals surface area contributed by atoms with Gasteiger partial charge in [0.1, 0.15) is 6.04 Å². The summed E-state index contributed by atoms with van der Waals surface area (Å²) in [5.74, 6) is -1.03. The van der Waals surface area contributed by atoms with Gasteiger partial charge in [0.25, 0.3) is 0 Å². The molecule has 0 saturated heterocycles. The minimum Gasteiger partial charge on any atom is -0.480 e. The van der Waals surface area contributed by atoms with E-state index < -0.39 is 12.0 Å². The molecule has 0 aliphatic rings. The van der Waals surface area contributed by atoms with E-state index in [1.54, 1.807) is 0 Å². The second-order valence-electron chi connectivity index (χ2n) is 5.19. The molecule has 106 valence electrons. The number of aliphatic carboxylic acids is 1. The van der Waals surface area contributed by atoms with Gasteiger partial charge >= 0.3 is 5.97 Å². The Hall–Kier alpha value is -1.10. The van der Waals surface area contributed by atoms with Gasteiger partial charge in [-0.3, -0.25) is 9.69 Å². The molecule has 18 heavy (non-hydrogen) atoms. The zero-order chi connectivity index (χ0) is 14.3. The summed E-state index contributed by atoms with van der Waals surface area (Å²) >= 11 is 0. The van der Waals surface area contributed by atoms with E-state index in [0.717, 1.165) is 12.8 Å². The number of unbranched alkanes of at least 4 members (excludes halogenated alkanes) is 1. The molecular formula is C13H26N2O3. The maximum absolute atomic E-state index is 12.1. The third-order valence-corrected chi connectivity index (χ3v) is 2.92. The number of hydrogen-bond acceptors (Lipinski definition) is 3. The normalized spacial score (nSPS) is 14.6. The van der Waals surface area contributed by atoms with Gasteiger partial charge in [-0.05, 0) is 26.4 Å². The number of carboxylic acids is 1. The van der Waals surface area contributed by atoms with Crippen molar-refractivity contribution >= 4 is 11.9 Å². The predicted molar refractivity (Wildman–Crippen MR) is 71.4 cm³/mol. The van der Waals surface area contributed by atoms with Gasteiger partial charge in [0.15, 0.2) is 0 Å². The summed E-state index contributed by atoms with van der Waals surface area (Å²) in [5.41, 5.74) is 0. The van der Waals surface area contributed by atoms with Crippen LogP contribution in [0.5, 0.6) is 0 Å². The Balaban J connectivity index is 4.61. The fraction of sp³-hybridized carbons (Fsp3) is 0.846. The van der Waals surface area contributed by atoms with Gasteiger partial charge in [-0.2, -0.15) is 0 Å². The molecule has 0 bridgehead atoms. The number of carbonyl (C=O) groups excluding carboxylic acids is 1. The Morgan fingerprint density at radius 1 is 1.28 bits per heavy atom. The van der Waals surface area contributed by atoms with Crippen LogP contribution < -0.4 is 5.32 Å². The van der Waals surface area contributed by atoms with Crippen molar-refractivity contribution in [2.45, 2.75) is 52.1 Å². The Labute approximate surface area is 110 Å². The molecule has 0 fully saturated rings. The number of likely N-dealkylation sites (N-methyl/N-ethyl adjacent to an activating group) is 1. The van der Waals surface area contributed by atoms with Crippen molar-refractivity contribution in [2.75, 3.05) is 14.1 Å². The molecule has 0 rings (SSSR count). The van der Waals surface area contributed by atoms with Crippen molar-refractivity contribution < 1.29 is 14.7 Å². The first kappa shape index (κ1) is 16.9. The molecule has 5 heteroatoms. The van der Waals surface area contributed by atoms with Gasteiger partial charge in [-0.1, -0.05) is 33.6 Å². The van der Waals surface area contributed by atoms with Gasteiger partial charge < -0.3 is 10.4 Å². The van der Waals surface area contributed by atoms with E-state index in [9.17, 15) is 9.59 Å². The van der Waals surface area contributed by atoms with Crippen LogP contribution in [0.1, 0.15) is 40.0 Å². The number of nitrogens with zero attached hydrogens (tertiary/aromatic N) is 1. The Bertz CT molecular complexity index is 269. The van der Waals surface area contributed by atoms with E-state index in [0.29, 0.717) is 6.42 Å². The summed E-state index contributed by atoms with van der Waals surface area (Å²) in [7, 11) is 3.65. The van der Waals surface area contributed by atoms with E-state index in [2.05, 4.69) is 5.32 Å². The van der Waals surface area contributed by atoms with Crippen LogP contribution in [-0.2, 0) is 9.59 Å². The topological polar surface area (TPSA) is 69.6 Å². The van der Waals surface area contributed by atoms with Crippen molar-refractivity contribution in [3.63, 3.8) is 0 Å². The molecule has 2 atom stereocenters. The minimum absolute atomic E-state index is 0.139. The van der Waals surface area contributed by atoms with E-state index in [-0.39, 0.29) is 17.9 Å². The molecule has 0 unspecified atom stereocenters. The summed E-state index contributed by atoms with van der Waals surface area (Å²) in [6.07, 6.45) is 2.20. The van der Waals surface area contributed by atoms with E-state index in [1.165, 1.54) is 0 Å². The molecule has 0 heterocycles. The number of carboxylic acid groups (broad SMARTS) is 1. The van der Waals surface area contributed by atoms with Gasteiger partial charge in [0.2, 0.25) is 5.91 Å².